The first-order chi connectivity index (χ1) is 16.8. The molecule has 0 bridgehead atoms. The van der Waals surface area contributed by atoms with Crippen LogP contribution >= 0.6 is 11.3 Å². The molecular weight excluding hydrogens is 430 g/mol. The molecule has 0 atom stereocenters. The number of fused-ring (bicyclic) bond motifs is 4. The van der Waals surface area contributed by atoms with E-state index in [1.54, 1.807) is 0 Å². The number of H-pyrrole nitrogens is 1. The lowest BCUT2D eigenvalue weighted by Gasteiger charge is -2.11. The van der Waals surface area contributed by atoms with E-state index in [1.807, 2.05) is 17.5 Å². The van der Waals surface area contributed by atoms with Gasteiger partial charge in [0.2, 0.25) is 0 Å². The molecule has 0 aliphatic rings. The van der Waals surface area contributed by atoms with Gasteiger partial charge >= 0.3 is 0 Å². The monoisotopic (exact) mass is 451 g/mol. The summed E-state index contributed by atoms with van der Waals surface area (Å²) in [5.74, 6) is 0. The van der Waals surface area contributed by atoms with Crippen molar-refractivity contribution < 1.29 is 0 Å². The molecule has 0 fully saturated rings. The molecule has 0 saturated heterocycles. The Hall–Kier alpha value is -4.14. The van der Waals surface area contributed by atoms with Crippen LogP contribution in [-0.4, -0.2) is 4.98 Å². The molecule has 7 aromatic rings. The van der Waals surface area contributed by atoms with Crippen molar-refractivity contribution in [2.75, 3.05) is 0 Å². The van der Waals surface area contributed by atoms with Crippen LogP contribution in [0.3, 0.4) is 0 Å². The lowest BCUT2D eigenvalue weighted by Crippen LogP contribution is -1.86. The fourth-order valence-electron chi connectivity index (χ4n) is 4.89. The number of hydrogen-bond donors (Lipinski definition) is 1. The minimum atomic E-state index is 1.19. The van der Waals surface area contributed by atoms with E-state index in [0.717, 1.165) is 0 Å². The Morgan fingerprint density at radius 3 is 1.74 bits per heavy atom. The van der Waals surface area contributed by atoms with Gasteiger partial charge in [0.15, 0.2) is 0 Å². The molecule has 5 aromatic carbocycles. The molecule has 1 N–H and O–H groups in total. The lowest BCUT2D eigenvalue weighted by atomic mass is 9.93. The Morgan fingerprint density at radius 1 is 0.441 bits per heavy atom. The normalized spacial score (nSPS) is 11.5. The van der Waals surface area contributed by atoms with E-state index in [1.165, 1.54) is 64.5 Å². The van der Waals surface area contributed by atoms with Gasteiger partial charge < -0.3 is 4.98 Å². The highest BCUT2D eigenvalue weighted by Gasteiger charge is 2.11. The van der Waals surface area contributed by atoms with Crippen LogP contribution in [0, 0.1) is 0 Å². The van der Waals surface area contributed by atoms with Gasteiger partial charge in [0.05, 0.1) is 0 Å². The zero-order valence-corrected chi connectivity index (χ0v) is 19.3. The topological polar surface area (TPSA) is 15.8 Å². The molecule has 1 nitrogen and oxygen atoms in total. The highest BCUT2D eigenvalue weighted by molar-refractivity contribution is 7.25. The van der Waals surface area contributed by atoms with E-state index in [-0.39, 0.29) is 0 Å². The molecule has 2 heterocycles. The summed E-state index contributed by atoms with van der Waals surface area (Å²) < 4.78 is 2.66. The number of nitrogens with one attached hydrogen (secondary N) is 1. The number of hydrogen-bond acceptors (Lipinski definition) is 1. The van der Waals surface area contributed by atoms with E-state index in [4.69, 9.17) is 0 Å². The first-order valence-electron chi connectivity index (χ1n) is 11.5. The molecule has 7 rings (SSSR count). The molecule has 0 aliphatic heterocycles. The van der Waals surface area contributed by atoms with Crippen LogP contribution < -0.4 is 0 Å². The zero-order chi connectivity index (χ0) is 22.5. The third-order valence-electron chi connectivity index (χ3n) is 6.62. The number of benzene rings is 5. The summed E-state index contributed by atoms with van der Waals surface area (Å²) in [7, 11) is 0. The number of thiophene rings is 1. The molecule has 0 aliphatic carbocycles. The van der Waals surface area contributed by atoms with E-state index in [0.29, 0.717) is 0 Å². The third kappa shape index (κ3) is 3.23. The first-order valence-corrected chi connectivity index (χ1v) is 12.3. The van der Waals surface area contributed by atoms with Crippen molar-refractivity contribution in [1.82, 2.24) is 4.98 Å². The maximum atomic E-state index is 3.37. The summed E-state index contributed by atoms with van der Waals surface area (Å²) in [6.07, 6.45) is 2.02. The minimum absolute atomic E-state index is 1.19. The second-order valence-electron chi connectivity index (χ2n) is 8.76. The predicted molar refractivity (Wildman–Crippen MR) is 147 cm³/mol. The number of rotatable bonds is 3. The van der Waals surface area contributed by atoms with Crippen molar-refractivity contribution in [3.05, 3.63) is 121 Å². The summed E-state index contributed by atoms with van der Waals surface area (Å²) in [5.41, 5.74) is 8.61. The summed E-state index contributed by atoms with van der Waals surface area (Å²) in [5, 5.41) is 3.90. The van der Waals surface area contributed by atoms with Crippen LogP contribution in [-0.2, 0) is 0 Å². The Labute approximate surface area is 201 Å². The summed E-state index contributed by atoms with van der Waals surface area (Å²) in [4.78, 5) is 3.37. The maximum Gasteiger partial charge on any atom is 0.0461 e. The van der Waals surface area contributed by atoms with Crippen molar-refractivity contribution in [1.29, 1.82) is 0 Å². The van der Waals surface area contributed by atoms with Gasteiger partial charge in [-0.25, -0.2) is 0 Å². The first kappa shape index (κ1) is 19.3. The number of aromatic nitrogens is 1. The zero-order valence-electron chi connectivity index (χ0n) is 18.5. The highest BCUT2D eigenvalue weighted by atomic mass is 32.1. The molecular formula is C32H21NS. The molecule has 34 heavy (non-hydrogen) atoms. The summed E-state index contributed by atoms with van der Waals surface area (Å²) in [6.45, 7) is 0. The second-order valence-corrected chi connectivity index (χ2v) is 9.84. The highest BCUT2D eigenvalue weighted by Crippen LogP contribution is 2.39. The summed E-state index contributed by atoms with van der Waals surface area (Å²) in [6, 6.07) is 41.9. The fourth-order valence-corrected chi connectivity index (χ4v) is 6.01. The van der Waals surface area contributed by atoms with E-state index >= 15 is 0 Å². The van der Waals surface area contributed by atoms with Gasteiger partial charge in [0.25, 0.3) is 0 Å². The Balaban J connectivity index is 1.45. The molecule has 160 valence electrons. The molecule has 0 saturated carbocycles. The van der Waals surface area contributed by atoms with Crippen LogP contribution in [0.1, 0.15) is 0 Å². The smallest absolute Gasteiger partial charge is 0.0461 e. The van der Waals surface area contributed by atoms with Gasteiger partial charge in [-0.3, -0.25) is 0 Å². The predicted octanol–water partition coefficient (Wildman–Crippen LogP) is 9.54. The molecule has 2 aromatic heterocycles. The second kappa shape index (κ2) is 7.72. The minimum Gasteiger partial charge on any atom is -0.361 e. The van der Waals surface area contributed by atoms with Gasteiger partial charge in [-0.1, -0.05) is 66.7 Å². The van der Waals surface area contributed by atoms with Crippen molar-refractivity contribution >= 4 is 42.4 Å². The van der Waals surface area contributed by atoms with Gasteiger partial charge in [-0.2, -0.15) is 0 Å². The molecule has 2 heteroatoms. The van der Waals surface area contributed by atoms with Gasteiger partial charge in [-0.05, 0) is 81.9 Å². The van der Waals surface area contributed by atoms with Gasteiger partial charge in [0, 0.05) is 37.3 Å². The average molecular weight is 452 g/mol. The Bertz CT molecular complexity index is 1730. The van der Waals surface area contributed by atoms with E-state index in [9.17, 15) is 0 Å². The van der Waals surface area contributed by atoms with Gasteiger partial charge in [0.1, 0.15) is 0 Å². The van der Waals surface area contributed by atoms with Crippen molar-refractivity contribution in [3.8, 4) is 33.4 Å². The molecule has 0 amide bonds. The fraction of sp³-hybridized carbons (Fsp3) is 0. The van der Waals surface area contributed by atoms with Crippen molar-refractivity contribution in [2.45, 2.75) is 0 Å². The van der Waals surface area contributed by atoms with Crippen molar-refractivity contribution in [2.24, 2.45) is 0 Å². The van der Waals surface area contributed by atoms with Crippen LogP contribution in [0.2, 0.25) is 0 Å². The number of aromatic amines is 1. The average Bonchev–Trinajstić information content (AvgIpc) is 3.51. The molecule has 0 spiro atoms. The quantitative estimate of drug-likeness (QED) is 0.275. The van der Waals surface area contributed by atoms with E-state index < -0.39 is 0 Å². The molecule has 0 radical (unpaired) electrons. The largest absolute Gasteiger partial charge is 0.361 e. The van der Waals surface area contributed by atoms with E-state index in [2.05, 4.69) is 120 Å². The van der Waals surface area contributed by atoms with Crippen LogP contribution in [0.4, 0.5) is 0 Å². The Kier molecular flexibility index (Phi) is 4.39. The Morgan fingerprint density at radius 2 is 1.06 bits per heavy atom. The SMILES string of the molecule is c1ccc(-c2cc(-c3ccccc3)cc(-c3ccc4sc5cc6cc[nH]c6cc5c4c3)c2)cc1. The standard InChI is InChI=1S/C32H21NS/c1-3-7-21(8-4-1)25-15-26(22-9-5-2-6-10-22)17-27(16-25)23-11-12-31-28(18-23)29-20-30-24(13-14-33-30)19-32(29)34-31/h1-20,33H. The van der Waals surface area contributed by atoms with Crippen LogP contribution in [0.5, 0.6) is 0 Å². The van der Waals surface area contributed by atoms with Crippen LogP contribution in [0.25, 0.3) is 64.5 Å². The molecule has 0 unspecified atom stereocenters. The van der Waals surface area contributed by atoms with Gasteiger partial charge in [-0.15, -0.1) is 11.3 Å². The van der Waals surface area contributed by atoms with Crippen LogP contribution in [0.15, 0.2) is 121 Å². The van der Waals surface area contributed by atoms with Crippen molar-refractivity contribution in [3.63, 3.8) is 0 Å². The summed E-state index contributed by atoms with van der Waals surface area (Å²) >= 11 is 1.87. The third-order valence-corrected chi connectivity index (χ3v) is 7.76. The maximum absolute atomic E-state index is 3.37. The lowest BCUT2D eigenvalue weighted by molar-refractivity contribution is 1.48.